The Bertz CT molecular complexity index is 1080. The average Bonchev–Trinajstić information content (AvgIpc) is 3.21. The van der Waals surface area contributed by atoms with Crippen LogP contribution in [0.4, 0.5) is 10.6 Å². The fourth-order valence-corrected chi connectivity index (χ4v) is 3.72. The second kappa shape index (κ2) is 8.27. The number of fused-ring (bicyclic) bond motifs is 1. The molecule has 30 heavy (non-hydrogen) atoms. The minimum atomic E-state index is -0.303. The van der Waals surface area contributed by atoms with Gasteiger partial charge in [0.1, 0.15) is 17.3 Å². The van der Waals surface area contributed by atoms with Crippen LogP contribution in [-0.4, -0.2) is 72.9 Å². The zero-order valence-corrected chi connectivity index (χ0v) is 17.7. The van der Waals surface area contributed by atoms with Crippen LogP contribution < -0.4 is 14.4 Å². The SMILES string of the molecule is COC(=O)N1CCN(c2ccn3cc(-c4cc(Cl)c(OC)cc4OC)nc3n2)CC1. The number of amides is 1. The van der Waals surface area contributed by atoms with Gasteiger partial charge in [-0.15, -0.1) is 0 Å². The predicted molar refractivity (Wildman–Crippen MR) is 113 cm³/mol. The van der Waals surface area contributed by atoms with Crippen LogP contribution in [0.2, 0.25) is 5.02 Å². The molecule has 3 aromatic rings. The quantitative estimate of drug-likeness (QED) is 0.628. The lowest BCUT2D eigenvalue weighted by Crippen LogP contribution is -2.49. The highest BCUT2D eigenvalue weighted by Crippen LogP contribution is 2.38. The van der Waals surface area contributed by atoms with Crippen LogP contribution >= 0.6 is 11.6 Å². The molecule has 0 aliphatic carbocycles. The molecular weight excluding hydrogens is 410 g/mol. The van der Waals surface area contributed by atoms with Crippen LogP contribution in [0.25, 0.3) is 17.0 Å². The van der Waals surface area contributed by atoms with Crippen molar-refractivity contribution >= 4 is 29.3 Å². The zero-order chi connectivity index (χ0) is 21.3. The highest BCUT2D eigenvalue weighted by Gasteiger charge is 2.23. The Kier molecular flexibility index (Phi) is 5.54. The Hall–Kier alpha value is -3.20. The van der Waals surface area contributed by atoms with E-state index in [1.807, 2.05) is 22.9 Å². The van der Waals surface area contributed by atoms with Gasteiger partial charge in [0.2, 0.25) is 5.78 Å². The molecule has 1 amide bonds. The van der Waals surface area contributed by atoms with Crippen molar-refractivity contribution in [3.8, 4) is 22.8 Å². The molecule has 0 atom stereocenters. The van der Waals surface area contributed by atoms with E-state index < -0.39 is 0 Å². The van der Waals surface area contributed by atoms with Crippen LogP contribution in [-0.2, 0) is 4.74 Å². The van der Waals surface area contributed by atoms with Gasteiger partial charge in [-0.1, -0.05) is 11.6 Å². The molecular formula is C20H22ClN5O4. The molecule has 9 nitrogen and oxygen atoms in total. The number of halogens is 1. The van der Waals surface area contributed by atoms with Gasteiger partial charge in [-0.3, -0.25) is 4.40 Å². The van der Waals surface area contributed by atoms with Crippen molar-refractivity contribution in [1.29, 1.82) is 0 Å². The number of anilines is 1. The summed E-state index contributed by atoms with van der Waals surface area (Å²) in [5.41, 5.74) is 1.44. The number of piperazine rings is 1. The number of ether oxygens (including phenoxy) is 3. The van der Waals surface area contributed by atoms with E-state index in [1.54, 1.807) is 31.3 Å². The van der Waals surface area contributed by atoms with E-state index in [0.29, 0.717) is 54.2 Å². The lowest BCUT2D eigenvalue weighted by Gasteiger charge is -2.34. The molecule has 2 aromatic heterocycles. The normalized spacial score (nSPS) is 14.1. The van der Waals surface area contributed by atoms with Crippen molar-refractivity contribution in [2.24, 2.45) is 0 Å². The Labute approximate surface area is 178 Å². The summed E-state index contributed by atoms with van der Waals surface area (Å²) >= 11 is 6.30. The maximum Gasteiger partial charge on any atom is 0.409 e. The Morgan fingerprint density at radius 2 is 1.77 bits per heavy atom. The van der Waals surface area contributed by atoms with Crippen molar-refractivity contribution in [3.05, 3.63) is 35.6 Å². The third-order valence-electron chi connectivity index (χ3n) is 5.10. The number of benzene rings is 1. The first-order valence-electron chi connectivity index (χ1n) is 9.39. The van der Waals surface area contributed by atoms with E-state index in [1.165, 1.54) is 7.11 Å². The van der Waals surface area contributed by atoms with E-state index in [2.05, 4.69) is 9.88 Å². The molecule has 3 heterocycles. The number of imidazole rings is 1. The molecule has 4 rings (SSSR count). The van der Waals surface area contributed by atoms with Gasteiger partial charge in [0.05, 0.1) is 32.0 Å². The molecule has 0 spiro atoms. The second-order valence-corrected chi connectivity index (χ2v) is 7.16. The third kappa shape index (κ3) is 3.68. The fraction of sp³-hybridized carbons (Fsp3) is 0.350. The summed E-state index contributed by atoms with van der Waals surface area (Å²) in [6.07, 6.45) is 3.49. The summed E-state index contributed by atoms with van der Waals surface area (Å²) in [5, 5.41) is 0.475. The molecule has 1 aliphatic rings. The van der Waals surface area contributed by atoms with Gasteiger partial charge in [0.25, 0.3) is 0 Å². The van der Waals surface area contributed by atoms with Gasteiger partial charge >= 0.3 is 6.09 Å². The molecule has 0 unspecified atom stereocenters. The summed E-state index contributed by atoms with van der Waals surface area (Å²) < 4.78 is 17.4. The van der Waals surface area contributed by atoms with Gasteiger partial charge in [-0.2, -0.15) is 4.98 Å². The minimum Gasteiger partial charge on any atom is -0.496 e. The van der Waals surface area contributed by atoms with Crippen LogP contribution in [0.1, 0.15) is 0 Å². The van der Waals surface area contributed by atoms with E-state index >= 15 is 0 Å². The van der Waals surface area contributed by atoms with E-state index in [9.17, 15) is 4.79 Å². The van der Waals surface area contributed by atoms with Gasteiger partial charge in [-0.05, 0) is 12.1 Å². The molecule has 158 valence electrons. The summed E-state index contributed by atoms with van der Waals surface area (Å²) in [6.45, 7) is 2.52. The molecule has 0 radical (unpaired) electrons. The first-order chi connectivity index (χ1) is 14.5. The third-order valence-corrected chi connectivity index (χ3v) is 5.39. The van der Waals surface area contributed by atoms with Crippen LogP contribution in [0.5, 0.6) is 11.5 Å². The smallest absolute Gasteiger partial charge is 0.409 e. The molecule has 0 bridgehead atoms. The number of aromatic nitrogens is 3. The summed E-state index contributed by atoms with van der Waals surface area (Å²) in [6, 6.07) is 5.44. The maximum absolute atomic E-state index is 11.7. The monoisotopic (exact) mass is 431 g/mol. The number of nitrogens with zero attached hydrogens (tertiary/aromatic N) is 5. The van der Waals surface area contributed by atoms with E-state index in [0.717, 1.165) is 11.4 Å². The zero-order valence-electron chi connectivity index (χ0n) is 17.0. The van der Waals surface area contributed by atoms with Crippen LogP contribution in [0.3, 0.4) is 0 Å². The number of carbonyl (C=O) groups is 1. The molecule has 10 heteroatoms. The molecule has 1 aliphatic heterocycles. The van der Waals surface area contributed by atoms with Gasteiger partial charge in [-0.25, -0.2) is 9.78 Å². The highest BCUT2D eigenvalue weighted by atomic mass is 35.5. The van der Waals surface area contributed by atoms with Crippen molar-refractivity contribution in [2.75, 3.05) is 52.4 Å². The molecule has 1 saturated heterocycles. The Morgan fingerprint density at radius 3 is 2.43 bits per heavy atom. The molecule has 1 fully saturated rings. The van der Waals surface area contributed by atoms with Crippen molar-refractivity contribution < 1.29 is 19.0 Å². The molecule has 1 aromatic carbocycles. The number of hydrogen-bond donors (Lipinski definition) is 0. The Balaban J connectivity index is 1.61. The second-order valence-electron chi connectivity index (χ2n) is 6.75. The fourth-order valence-electron chi connectivity index (χ4n) is 3.48. The van der Waals surface area contributed by atoms with E-state index in [4.69, 9.17) is 30.8 Å². The van der Waals surface area contributed by atoms with E-state index in [-0.39, 0.29) is 6.09 Å². The molecule has 0 N–H and O–H groups in total. The maximum atomic E-state index is 11.7. The topological polar surface area (TPSA) is 81.4 Å². The van der Waals surface area contributed by atoms with Crippen LogP contribution in [0, 0.1) is 0 Å². The predicted octanol–water partition coefficient (Wildman–Crippen LogP) is 2.96. The number of methoxy groups -OCH3 is 3. The number of hydrogen-bond acceptors (Lipinski definition) is 7. The van der Waals surface area contributed by atoms with Crippen molar-refractivity contribution in [2.45, 2.75) is 0 Å². The van der Waals surface area contributed by atoms with Crippen molar-refractivity contribution in [1.82, 2.24) is 19.3 Å². The Morgan fingerprint density at radius 1 is 1.03 bits per heavy atom. The first-order valence-corrected chi connectivity index (χ1v) is 9.77. The van der Waals surface area contributed by atoms with Gasteiger partial charge in [0.15, 0.2) is 0 Å². The van der Waals surface area contributed by atoms with Gasteiger partial charge in [0, 0.05) is 50.2 Å². The van der Waals surface area contributed by atoms with Crippen molar-refractivity contribution in [3.63, 3.8) is 0 Å². The van der Waals surface area contributed by atoms with Gasteiger partial charge < -0.3 is 24.0 Å². The standard InChI is InChI=1S/C20H22ClN5O4/c1-28-16-11-17(29-2)14(21)10-13(16)15-12-26-5-4-18(23-19(26)22-15)24-6-8-25(9-7-24)20(27)30-3/h4-5,10-12H,6-9H2,1-3H3. The first kappa shape index (κ1) is 20.1. The lowest BCUT2D eigenvalue weighted by molar-refractivity contribution is 0.121. The molecule has 0 saturated carbocycles. The summed E-state index contributed by atoms with van der Waals surface area (Å²) in [5.74, 6) is 2.52. The lowest BCUT2D eigenvalue weighted by atomic mass is 10.1. The summed E-state index contributed by atoms with van der Waals surface area (Å²) in [7, 11) is 4.54. The summed E-state index contributed by atoms with van der Waals surface area (Å²) in [4.78, 5) is 24.8. The number of rotatable bonds is 4. The average molecular weight is 432 g/mol. The highest BCUT2D eigenvalue weighted by molar-refractivity contribution is 6.32. The largest absolute Gasteiger partial charge is 0.496 e. The minimum absolute atomic E-state index is 0.303. The number of carbonyl (C=O) groups excluding carboxylic acids is 1. The van der Waals surface area contributed by atoms with Crippen LogP contribution in [0.15, 0.2) is 30.6 Å².